The maximum absolute atomic E-state index is 12.5. The Hall–Kier alpha value is -3.58. The lowest BCUT2D eigenvalue weighted by Crippen LogP contribution is -2.65. The number of benzene rings is 3. The molecule has 2 heterocycles. The van der Waals surface area contributed by atoms with E-state index in [4.69, 9.17) is 9.84 Å². The number of likely N-dealkylation sites (N-methyl/N-ethyl adjacent to an activating group) is 1. The van der Waals surface area contributed by atoms with Crippen molar-refractivity contribution in [3.63, 3.8) is 0 Å². The number of likely N-dealkylation sites (tertiary alicyclic amines) is 1. The highest BCUT2D eigenvalue weighted by Crippen LogP contribution is 2.62. The van der Waals surface area contributed by atoms with Gasteiger partial charge in [0.1, 0.15) is 11.3 Å². The summed E-state index contributed by atoms with van der Waals surface area (Å²) in [6.07, 6.45) is 3.18. The van der Waals surface area contributed by atoms with Gasteiger partial charge in [-0.25, -0.2) is 4.79 Å². The molecule has 1 saturated carbocycles. The molecule has 3 aromatic rings. The maximum atomic E-state index is 12.5. The zero-order valence-corrected chi connectivity index (χ0v) is 19.4. The normalized spacial score (nSPS) is 28.0. The number of piperidine rings is 1. The van der Waals surface area contributed by atoms with Gasteiger partial charge in [-0.3, -0.25) is 4.79 Å². The van der Waals surface area contributed by atoms with Gasteiger partial charge in [0, 0.05) is 28.8 Å². The van der Waals surface area contributed by atoms with Crippen LogP contribution in [-0.2, 0) is 16.6 Å². The summed E-state index contributed by atoms with van der Waals surface area (Å²) in [4.78, 5) is 25.7. The molecule has 3 N–H and O–H groups in total. The summed E-state index contributed by atoms with van der Waals surface area (Å²) >= 11 is 0. The first-order valence-electron chi connectivity index (χ1n) is 12.0. The molecule has 0 amide bonds. The lowest BCUT2D eigenvalue weighted by atomic mass is 9.52. The van der Waals surface area contributed by atoms with Crippen molar-refractivity contribution in [3.8, 4) is 17.2 Å². The number of ketones is 1. The van der Waals surface area contributed by atoms with Gasteiger partial charge in [-0.15, -0.1) is 0 Å². The zero-order valence-electron chi connectivity index (χ0n) is 19.4. The number of nitrogens with zero attached hydrogens (tertiary/aromatic N) is 1. The second-order valence-electron chi connectivity index (χ2n) is 10.1. The average Bonchev–Trinajstić information content (AvgIpc) is 3.21. The fourth-order valence-electron chi connectivity index (χ4n) is 6.95. The quantitative estimate of drug-likeness (QED) is 0.492. The minimum Gasteiger partial charge on any atom is -0.506 e. The number of phenolic OH excluding ortho intramolecular Hbond substituents is 1. The molecule has 4 aliphatic rings. The van der Waals surface area contributed by atoms with Crippen molar-refractivity contribution in [3.05, 3.63) is 65.2 Å². The summed E-state index contributed by atoms with van der Waals surface area (Å²) in [5.41, 5.74) is 2.19. The van der Waals surface area contributed by atoms with E-state index in [1.54, 1.807) is 24.3 Å². The molecule has 2 fully saturated rings. The first-order chi connectivity index (χ1) is 16.8. The molecule has 180 valence electrons. The molecular weight excluding hydrogens is 446 g/mol. The number of fused-ring (bicyclic) bond motifs is 1. The number of Topliss-reactive ketones (excluding diaryl/α,β-unsaturated/α-hetero) is 1. The van der Waals surface area contributed by atoms with E-state index in [9.17, 15) is 19.8 Å². The van der Waals surface area contributed by atoms with Gasteiger partial charge in [0.05, 0.1) is 0 Å². The van der Waals surface area contributed by atoms with Crippen molar-refractivity contribution in [2.75, 3.05) is 13.6 Å². The minimum absolute atomic E-state index is 0.0660. The first kappa shape index (κ1) is 21.9. The third kappa shape index (κ3) is 3.01. The van der Waals surface area contributed by atoms with E-state index in [0.717, 1.165) is 36.8 Å². The maximum Gasteiger partial charge on any atom is 0.339 e. The third-order valence-corrected chi connectivity index (χ3v) is 8.52. The predicted molar refractivity (Wildman–Crippen MR) is 129 cm³/mol. The zero-order chi connectivity index (χ0) is 24.5. The van der Waals surface area contributed by atoms with Crippen LogP contribution in [0.2, 0.25) is 0 Å². The molecule has 0 unspecified atom stereocenters. The standard InChI is InChI=1S/C17H19NO3.C11H8O3/c1-18-7-6-17-10-3-5-13(20)16(17)21-15-12(19)4-2-9(14(15)17)8-11(10)18;12-10-8-4-2-1-3-7(8)5-6-9(10)11(13)14/h2,4,10-11,16,19H,3,5-8H2,1H3;1-6,12H,(H,13,14)/t10-,11+,16-,17-;/m0./s1. The van der Waals surface area contributed by atoms with Crippen molar-refractivity contribution in [1.82, 2.24) is 4.90 Å². The SMILES string of the molecule is CN1CC[C@]23c4c5ccc(O)c4O[C@H]2C(=O)CC[C@H]3[C@H]1C5.O=C(O)c1ccc2ccccc2c1O. The Kier molecular flexibility index (Phi) is 4.83. The van der Waals surface area contributed by atoms with Gasteiger partial charge in [-0.2, -0.15) is 0 Å². The monoisotopic (exact) mass is 473 g/mol. The molecule has 3 aromatic carbocycles. The molecule has 1 saturated heterocycles. The fourth-order valence-corrected chi connectivity index (χ4v) is 6.95. The molecule has 0 radical (unpaired) electrons. The van der Waals surface area contributed by atoms with E-state index in [1.165, 1.54) is 11.6 Å². The second-order valence-corrected chi connectivity index (χ2v) is 10.1. The molecule has 0 aromatic heterocycles. The largest absolute Gasteiger partial charge is 0.506 e. The topological polar surface area (TPSA) is 107 Å². The summed E-state index contributed by atoms with van der Waals surface area (Å²) in [5, 5.41) is 30.0. The highest BCUT2D eigenvalue weighted by atomic mass is 16.5. The number of carboxylic acids is 1. The van der Waals surface area contributed by atoms with Crippen LogP contribution in [0.4, 0.5) is 0 Å². The van der Waals surface area contributed by atoms with E-state index in [0.29, 0.717) is 29.5 Å². The van der Waals surface area contributed by atoms with E-state index < -0.39 is 5.97 Å². The van der Waals surface area contributed by atoms with Gasteiger partial charge in [-0.1, -0.05) is 36.4 Å². The highest BCUT2D eigenvalue weighted by molar-refractivity contribution is 6.00. The number of rotatable bonds is 1. The summed E-state index contributed by atoms with van der Waals surface area (Å²) in [5.74, 6) is 0.207. The van der Waals surface area contributed by atoms with Crippen LogP contribution in [0.1, 0.15) is 40.7 Å². The number of carbonyl (C=O) groups is 2. The van der Waals surface area contributed by atoms with Crippen LogP contribution in [-0.4, -0.2) is 57.7 Å². The fraction of sp³-hybridized carbons (Fsp3) is 0.357. The number of aromatic hydroxyl groups is 2. The van der Waals surface area contributed by atoms with Crippen LogP contribution in [0.25, 0.3) is 10.8 Å². The molecule has 7 rings (SSSR count). The van der Waals surface area contributed by atoms with E-state index in [-0.39, 0.29) is 34.4 Å². The van der Waals surface area contributed by atoms with Crippen LogP contribution >= 0.6 is 0 Å². The minimum atomic E-state index is -1.12. The number of ether oxygens (including phenoxy) is 1. The Morgan fingerprint density at radius 2 is 1.91 bits per heavy atom. The van der Waals surface area contributed by atoms with Gasteiger partial charge >= 0.3 is 5.97 Å². The van der Waals surface area contributed by atoms with E-state index >= 15 is 0 Å². The van der Waals surface area contributed by atoms with Crippen LogP contribution < -0.4 is 4.74 Å². The van der Waals surface area contributed by atoms with Crippen molar-refractivity contribution in [2.24, 2.45) is 5.92 Å². The Balaban J connectivity index is 0.000000143. The van der Waals surface area contributed by atoms with Crippen molar-refractivity contribution >= 4 is 22.5 Å². The lowest BCUT2D eigenvalue weighted by Gasteiger charge is -2.57. The summed E-state index contributed by atoms with van der Waals surface area (Å²) in [6.45, 7) is 1.00. The molecule has 4 atom stereocenters. The molecule has 7 nitrogen and oxygen atoms in total. The number of aromatic carboxylic acids is 1. The van der Waals surface area contributed by atoms with Crippen LogP contribution in [0.3, 0.4) is 0 Å². The number of hydrogen-bond donors (Lipinski definition) is 3. The third-order valence-electron chi connectivity index (χ3n) is 8.52. The summed E-state index contributed by atoms with van der Waals surface area (Å²) in [7, 11) is 2.20. The Labute approximate surface area is 202 Å². The van der Waals surface area contributed by atoms with Gasteiger partial charge in [-0.05, 0) is 61.9 Å². The second kappa shape index (κ2) is 7.71. The smallest absolute Gasteiger partial charge is 0.339 e. The molecule has 7 heteroatoms. The number of phenols is 2. The first-order valence-corrected chi connectivity index (χ1v) is 12.0. The summed E-state index contributed by atoms with van der Waals surface area (Å²) < 4.78 is 6.04. The highest BCUT2D eigenvalue weighted by Gasteiger charge is 2.65. The van der Waals surface area contributed by atoms with Crippen molar-refractivity contribution in [2.45, 2.75) is 43.2 Å². The molecule has 2 bridgehead atoms. The molecule has 2 aliphatic carbocycles. The van der Waals surface area contributed by atoms with Gasteiger partial charge in [0.15, 0.2) is 23.4 Å². The van der Waals surface area contributed by atoms with E-state index in [2.05, 4.69) is 11.9 Å². The van der Waals surface area contributed by atoms with Crippen LogP contribution in [0.15, 0.2) is 48.5 Å². The lowest BCUT2D eigenvalue weighted by molar-refractivity contribution is -0.138. The van der Waals surface area contributed by atoms with Gasteiger partial charge in [0.2, 0.25) is 0 Å². The predicted octanol–water partition coefficient (Wildman–Crippen LogP) is 3.87. The van der Waals surface area contributed by atoms with Gasteiger partial charge < -0.3 is 25.0 Å². The molecular formula is C28H27NO6. The van der Waals surface area contributed by atoms with Crippen molar-refractivity contribution < 1.29 is 29.6 Å². The number of carboxylic acid groups (broad SMARTS) is 1. The summed E-state index contributed by atoms with van der Waals surface area (Å²) in [6, 6.07) is 14.4. The van der Waals surface area contributed by atoms with Gasteiger partial charge in [0.25, 0.3) is 0 Å². The Bertz CT molecular complexity index is 1380. The molecule has 1 spiro atoms. The molecule has 35 heavy (non-hydrogen) atoms. The number of carbonyl (C=O) groups excluding carboxylic acids is 1. The average molecular weight is 474 g/mol. The molecule has 2 aliphatic heterocycles. The van der Waals surface area contributed by atoms with E-state index in [1.807, 2.05) is 18.2 Å². The van der Waals surface area contributed by atoms with Crippen LogP contribution in [0.5, 0.6) is 17.2 Å². The number of hydrogen-bond acceptors (Lipinski definition) is 6. The Morgan fingerprint density at radius 1 is 1.11 bits per heavy atom. The Morgan fingerprint density at radius 3 is 2.71 bits per heavy atom. The van der Waals surface area contributed by atoms with Crippen LogP contribution in [0, 0.1) is 5.92 Å². The van der Waals surface area contributed by atoms with Crippen molar-refractivity contribution in [1.29, 1.82) is 0 Å².